The van der Waals surface area contributed by atoms with Crippen molar-refractivity contribution in [3.05, 3.63) is 62.4 Å². The molecule has 0 atom stereocenters. The van der Waals surface area contributed by atoms with E-state index >= 15 is 0 Å². The van der Waals surface area contributed by atoms with Crippen molar-refractivity contribution in [2.75, 3.05) is 37.6 Å². The van der Waals surface area contributed by atoms with Crippen LogP contribution in [0.3, 0.4) is 0 Å². The van der Waals surface area contributed by atoms with Gasteiger partial charge in [0, 0.05) is 56.2 Å². The lowest BCUT2D eigenvalue weighted by atomic mass is 10.2. The molecule has 0 unspecified atom stereocenters. The number of benzene rings is 1. The molecule has 1 aromatic carbocycles. The highest BCUT2D eigenvalue weighted by molar-refractivity contribution is 6.30. The summed E-state index contributed by atoms with van der Waals surface area (Å²) in [7, 11) is 1.34. The van der Waals surface area contributed by atoms with E-state index in [1.54, 1.807) is 4.90 Å². The summed E-state index contributed by atoms with van der Waals surface area (Å²) in [5.74, 6) is -0.659. The molecule has 10 heteroatoms. The molecule has 0 bridgehead atoms. The lowest BCUT2D eigenvalue weighted by molar-refractivity contribution is -0.133. The van der Waals surface area contributed by atoms with Gasteiger partial charge >= 0.3 is 5.69 Å². The van der Waals surface area contributed by atoms with Gasteiger partial charge in [-0.15, -0.1) is 0 Å². The van der Waals surface area contributed by atoms with Gasteiger partial charge in [-0.1, -0.05) is 17.7 Å². The van der Waals surface area contributed by atoms with E-state index < -0.39 is 17.2 Å². The van der Waals surface area contributed by atoms with Crippen LogP contribution in [0.15, 0.2) is 46.1 Å². The number of aromatic nitrogens is 2. The van der Waals surface area contributed by atoms with Crippen LogP contribution in [0, 0.1) is 0 Å². The number of piperazine rings is 1. The Kier molecular flexibility index (Phi) is 6.38. The minimum Gasteiger partial charge on any atom is -0.368 e. The van der Waals surface area contributed by atoms with E-state index in [-0.39, 0.29) is 19.0 Å². The number of carbonyl (C=O) groups is 2. The largest absolute Gasteiger partial charge is 0.368 e. The van der Waals surface area contributed by atoms with Crippen molar-refractivity contribution in [1.29, 1.82) is 0 Å². The second-order valence-corrected chi connectivity index (χ2v) is 7.18. The number of nitrogens with one attached hydrogen (secondary N) is 1. The molecule has 1 saturated heterocycles. The Labute approximate surface area is 172 Å². The van der Waals surface area contributed by atoms with Crippen molar-refractivity contribution >= 4 is 29.1 Å². The van der Waals surface area contributed by atoms with E-state index in [4.69, 9.17) is 11.6 Å². The molecule has 1 aliphatic rings. The van der Waals surface area contributed by atoms with Crippen molar-refractivity contribution in [2.45, 2.75) is 6.54 Å². The first-order chi connectivity index (χ1) is 13.8. The Morgan fingerprint density at radius 2 is 1.83 bits per heavy atom. The number of amides is 2. The molecule has 9 nitrogen and oxygen atoms in total. The molecule has 1 N–H and O–H groups in total. The summed E-state index contributed by atoms with van der Waals surface area (Å²) in [6.07, 6.45) is 1.27. The third-order valence-corrected chi connectivity index (χ3v) is 5.05. The van der Waals surface area contributed by atoms with Crippen LogP contribution >= 0.6 is 11.6 Å². The van der Waals surface area contributed by atoms with E-state index in [9.17, 15) is 19.2 Å². The molecular weight excluding hydrogens is 398 g/mol. The SMILES string of the molecule is Cn1c(=O)ccn(CC(=O)NCC(=O)N2CCN(c3cccc(Cl)c3)CC2)c1=O. The lowest BCUT2D eigenvalue weighted by Crippen LogP contribution is -2.51. The van der Waals surface area contributed by atoms with Gasteiger partial charge in [0.05, 0.1) is 6.54 Å². The van der Waals surface area contributed by atoms with E-state index in [0.29, 0.717) is 31.2 Å². The maximum atomic E-state index is 12.4. The summed E-state index contributed by atoms with van der Waals surface area (Å²) >= 11 is 6.03. The van der Waals surface area contributed by atoms with E-state index in [1.165, 1.54) is 19.3 Å². The van der Waals surface area contributed by atoms with Gasteiger partial charge in [0.25, 0.3) is 5.56 Å². The monoisotopic (exact) mass is 419 g/mol. The first kappa shape index (κ1) is 20.7. The van der Waals surface area contributed by atoms with Gasteiger partial charge in [-0.05, 0) is 18.2 Å². The first-order valence-corrected chi connectivity index (χ1v) is 9.54. The van der Waals surface area contributed by atoms with Gasteiger partial charge in [0.1, 0.15) is 6.54 Å². The van der Waals surface area contributed by atoms with Crippen molar-refractivity contribution in [3.63, 3.8) is 0 Å². The predicted octanol–water partition coefficient (Wildman–Crippen LogP) is -0.335. The Morgan fingerprint density at radius 3 is 2.52 bits per heavy atom. The van der Waals surface area contributed by atoms with Gasteiger partial charge in [0.15, 0.2) is 0 Å². The Bertz CT molecular complexity index is 1020. The fourth-order valence-electron chi connectivity index (χ4n) is 3.12. The smallest absolute Gasteiger partial charge is 0.331 e. The molecular formula is C19H22ClN5O4. The van der Waals surface area contributed by atoms with E-state index in [0.717, 1.165) is 14.8 Å². The van der Waals surface area contributed by atoms with Crippen LogP contribution in [0.4, 0.5) is 5.69 Å². The maximum Gasteiger partial charge on any atom is 0.331 e. The van der Waals surface area contributed by atoms with Crippen molar-refractivity contribution in [1.82, 2.24) is 19.4 Å². The summed E-state index contributed by atoms with van der Waals surface area (Å²) in [4.78, 5) is 51.6. The zero-order valence-corrected chi connectivity index (χ0v) is 16.8. The zero-order chi connectivity index (χ0) is 21.0. The highest BCUT2D eigenvalue weighted by Gasteiger charge is 2.21. The second-order valence-electron chi connectivity index (χ2n) is 6.75. The summed E-state index contributed by atoms with van der Waals surface area (Å²) < 4.78 is 2.03. The van der Waals surface area contributed by atoms with Crippen LogP contribution in [-0.2, 0) is 23.2 Å². The van der Waals surface area contributed by atoms with Crippen LogP contribution in [-0.4, -0.2) is 58.6 Å². The van der Waals surface area contributed by atoms with Crippen molar-refractivity contribution in [2.24, 2.45) is 7.05 Å². The molecule has 2 amide bonds. The van der Waals surface area contributed by atoms with Crippen LogP contribution in [0.2, 0.25) is 5.02 Å². The minimum atomic E-state index is -0.587. The van der Waals surface area contributed by atoms with E-state index in [1.807, 2.05) is 24.3 Å². The summed E-state index contributed by atoms with van der Waals surface area (Å²) in [6, 6.07) is 8.78. The van der Waals surface area contributed by atoms with Gasteiger partial charge in [-0.25, -0.2) is 4.79 Å². The fourth-order valence-corrected chi connectivity index (χ4v) is 3.30. The lowest BCUT2D eigenvalue weighted by Gasteiger charge is -2.36. The Morgan fingerprint density at radius 1 is 1.10 bits per heavy atom. The molecule has 0 radical (unpaired) electrons. The van der Waals surface area contributed by atoms with Crippen molar-refractivity contribution < 1.29 is 9.59 Å². The van der Waals surface area contributed by atoms with E-state index in [2.05, 4.69) is 10.2 Å². The molecule has 1 fully saturated rings. The molecule has 3 rings (SSSR count). The summed E-state index contributed by atoms with van der Waals surface area (Å²) in [5.41, 5.74) is -0.0181. The molecule has 0 aliphatic carbocycles. The third-order valence-electron chi connectivity index (χ3n) is 4.82. The molecule has 0 saturated carbocycles. The minimum absolute atomic E-state index is 0.142. The first-order valence-electron chi connectivity index (χ1n) is 9.16. The topological polar surface area (TPSA) is 96.6 Å². The Hall–Kier alpha value is -3.07. The quantitative estimate of drug-likeness (QED) is 0.715. The molecule has 1 aliphatic heterocycles. The van der Waals surface area contributed by atoms with Crippen LogP contribution in [0.1, 0.15) is 0 Å². The molecule has 0 spiro atoms. The molecule has 154 valence electrons. The fraction of sp³-hybridized carbons (Fsp3) is 0.368. The maximum absolute atomic E-state index is 12.4. The number of carbonyl (C=O) groups excluding carboxylic acids is 2. The number of hydrogen-bond donors (Lipinski definition) is 1. The van der Waals surface area contributed by atoms with Crippen LogP contribution in [0.5, 0.6) is 0 Å². The number of hydrogen-bond acceptors (Lipinski definition) is 5. The molecule has 29 heavy (non-hydrogen) atoms. The average molecular weight is 420 g/mol. The molecule has 1 aromatic heterocycles. The number of rotatable bonds is 5. The normalized spacial score (nSPS) is 14.0. The van der Waals surface area contributed by atoms with Crippen LogP contribution in [0.25, 0.3) is 0 Å². The zero-order valence-electron chi connectivity index (χ0n) is 16.0. The van der Waals surface area contributed by atoms with Crippen molar-refractivity contribution in [3.8, 4) is 0 Å². The predicted molar refractivity (Wildman–Crippen MR) is 109 cm³/mol. The highest BCUT2D eigenvalue weighted by atomic mass is 35.5. The number of anilines is 1. The second kappa shape index (κ2) is 8.95. The summed E-state index contributed by atoms with van der Waals surface area (Å²) in [5, 5.41) is 3.20. The van der Waals surface area contributed by atoms with Gasteiger partial charge in [-0.2, -0.15) is 0 Å². The Balaban J connectivity index is 1.48. The highest BCUT2D eigenvalue weighted by Crippen LogP contribution is 2.20. The van der Waals surface area contributed by atoms with Gasteiger partial charge in [0.2, 0.25) is 11.8 Å². The molecule has 2 heterocycles. The van der Waals surface area contributed by atoms with Gasteiger partial charge < -0.3 is 15.1 Å². The number of halogens is 1. The average Bonchev–Trinajstić information content (AvgIpc) is 2.72. The standard InChI is InChI=1S/C19H22ClN5O4/c1-22-17(27)5-6-25(19(22)29)13-16(26)21-12-18(28)24-9-7-23(8-10-24)15-4-2-3-14(20)11-15/h2-6,11H,7-10,12-13H2,1H3,(H,21,26). The third kappa shape index (κ3) is 5.05. The van der Waals surface area contributed by atoms with Gasteiger partial charge in [-0.3, -0.25) is 23.5 Å². The molecule has 2 aromatic rings. The number of nitrogens with zero attached hydrogens (tertiary/aromatic N) is 4. The van der Waals surface area contributed by atoms with Crippen LogP contribution < -0.4 is 21.5 Å². The summed E-state index contributed by atoms with van der Waals surface area (Å²) in [6.45, 7) is 2.03.